The second-order valence-electron chi connectivity index (χ2n) is 7.09. The average Bonchev–Trinajstić information content (AvgIpc) is 3.09. The van der Waals surface area contributed by atoms with E-state index in [1.165, 1.54) is 23.1 Å². The number of allylic oxidation sites excluding steroid dienone is 3. The number of carbonyl (C=O) groups is 1. The Balaban J connectivity index is 1.74. The molecular weight excluding hydrogens is 344 g/mol. The van der Waals surface area contributed by atoms with Crippen LogP contribution in [0.4, 0.5) is 0 Å². The van der Waals surface area contributed by atoms with Crippen LogP contribution < -0.4 is 0 Å². The zero-order valence-electron chi connectivity index (χ0n) is 15.5. The van der Waals surface area contributed by atoms with Gasteiger partial charge >= 0.3 is 5.97 Å². The van der Waals surface area contributed by atoms with E-state index in [9.17, 15) is 9.90 Å². The SMILES string of the molecule is CC(c1ccccc1)C(O)CC[C@H]1CSC[C@H]1CC=CC/C=C\C(=O)O. The van der Waals surface area contributed by atoms with Gasteiger partial charge in [0, 0.05) is 12.0 Å². The minimum absolute atomic E-state index is 0.171. The number of carboxylic acids is 1. The lowest BCUT2D eigenvalue weighted by Gasteiger charge is -2.23. The molecule has 0 aromatic heterocycles. The molecule has 2 N–H and O–H groups in total. The van der Waals surface area contributed by atoms with Crippen LogP contribution in [0.15, 0.2) is 54.6 Å². The number of thioether (sulfide) groups is 1. The van der Waals surface area contributed by atoms with Crippen molar-refractivity contribution in [2.24, 2.45) is 11.8 Å². The normalized spacial score (nSPS) is 22.8. The zero-order valence-corrected chi connectivity index (χ0v) is 16.3. The molecule has 0 spiro atoms. The highest BCUT2D eigenvalue weighted by atomic mass is 32.2. The van der Waals surface area contributed by atoms with Crippen LogP contribution in [-0.2, 0) is 4.79 Å². The highest BCUT2D eigenvalue weighted by Crippen LogP contribution is 2.36. The maximum absolute atomic E-state index is 10.6. The van der Waals surface area contributed by atoms with Gasteiger partial charge in [0.15, 0.2) is 0 Å². The fourth-order valence-corrected chi connectivity index (χ4v) is 5.04. The lowest BCUT2D eigenvalue weighted by Crippen LogP contribution is -2.19. The Hall–Kier alpha value is -1.52. The van der Waals surface area contributed by atoms with Gasteiger partial charge in [-0.05, 0) is 54.6 Å². The second kappa shape index (κ2) is 11.2. The minimum Gasteiger partial charge on any atom is -0.478 e. The van der Waals surface area contributed by atoms with Crippen molar-refractivity contribution in [3.63, 3.8) is 0 Å². The van der Waals surface area contributed by atoms with Gasteiger partial charge in [-0.3, -0.25) is 0 Å². The van der Waals surface area contributed by atoms with Crippen LogP contribution in [0.2, 0.25) is 0 Å². The van der Waals surface area contributed by atoms with Gasteiger partial charge in [-0.1, -0.05) is 55.5 Å². The standard InChI is InChI=1S/C22H30O3S/c1-17(18-9-6-4-7-10-18)21(23)14-13-20-16-26-15-19(20)11-5-2-3-8-12-22(24)25/h2,4-10,12,17,19-21,23H,3,11,13-16H2,1H3,(H,24,25)/b5-2?,12-8-/t17?,19-,20+,21?/m1/s1. The van der Waals surface area contributed by atoms with Crippen molar-refractivity contribution in [2.75, 3.05) is 11.5 Å². The minimum atomic E-state index is -0.894. The molecule has 1 aromatic carbocycles. The van der Waals surface area contributed by atoms with Crippen molar-refractivity contribution in [2.45, 2.75) is 44.6 Å². The maximum atomic E-state index is 10.6. The molecule has 1 aliphatic heterocycles. The summed E-state index contributed by atoms with van der Waals surface area (Å²) in [7, 11) is 0. The van der Waals surface area contributed by atoms with Crippen molar-refractivity contribution < 1.29 is 15.0 Å². The number of benzene rings is 1. The first kappa shape index (κ1) is 20.8. The van der Waals surface area contributed by atoms with Gasteiger partial charge < -0.3 is 10.2 Å². The largest absolute Gasteiger partial charge is 0.478 e. The Labute approximate surface area is 161 Å². The summed E-state index contributed by atoms with van der Waals surface area (Å²) in [6, 6.07) is 10.2. The van der Waals surface area contributed by atoms with Crippen LogP contribution in [0.3, 0.4) is 0 Å². The van der Waals surface area contributed by atoms with Crippen LogP contribution in [-0.4, -0.2) is 33.8 Å². The summed E-state index contributed by atoms with van der Waals surface area (Å²) < 4.78 is 0. The van der Waals surface area contributed by atoms with Gasteiger partial charge in [0.05, 0.1) is 6.10 Å². The molecule has 1 fully saturated rings. The highest BCUT2D eigenvalue weighted by molar-refractivity contribution is 7.99. The smallest absolute Gasteiger partial charge is 0.327 e. The zero-order chi connectivity index (χ0) is 18.8. The third kappa shape index (κ3) is 7.00. The quantitative estimate of drug-likeness (QED) is 0.452. The Morgan fingerprint density at radius 3 is 2.65 bits per heavy atom. The number of rotatable bonds is 10. The number of aliphatic carboxylic acids is 1. The molecule has 2 unspecified atom stereocenters. The van der Waals surface area contributed by atoms with E-state index in [0.29, 0.717) is 18.3 Å². The molecule has 1 heterocycles. The van der Waals surface area contributed by atoms with E-state index in [1.54, 1.807) is 6.08 Å². The van der Waals surface area contributed by atoms with Crippen molar-refractivity contribution >= 4 is 17.7 Å². The molecule has 1 aromatic rings. The predicted molar refractivity (Wildman–Crippen MR) is 110 cm³/mol. The molecule has 0 saturated carbocycles. The van der Waals surface area contributed by atoms with Crippen LogP contribution >= 0.6 is 11.8 Å². The number of carboxylic acid groups (broad SMARTS) is 1. The number of hydrogen-bond donors (Lipinski definition) is 2. The molecular formula is C22H30O3S. The Bertz CT molecular complexity index is 597. The van der Waals surface area contributed by atoms with E-state index in [1.807, 2.05) is 36.0 Å². The third-order valence-electron chi connectivity index (χ3n) is 5.20. The van der Waals surface area contributed by atoms with Crippen LogP contribution in [0.1, 0.15) is 44.1 Å². The van der Waals surface area contributed by atoms with Crippen molar-refractivity contribution in [1.82, 2.24) is 0 Å². The second-order valence-corrected chi connectivity index (χ2v) is 8.16. The van der Waals surface area contributed by atoms with Gasteiger partial charge in [-0.2, -0.15) is 11.8 Å². The molecule has 0 radical (unpaired) electrons. The average molecular weight is 375 g/mol. The van der Waals surface area contributed by atoms with Gasteiger partial charge in [0.1, 0.15) is 0 Å². The van der Waals surface area contributed by atoms with Crippen LogP contribution in [0.25, 0.3) is 0 Å². The Morgan fingerprint density at radius 2 is 1.92 bits per heavy atom. The summed E-state index contributed by atoms with van der Waals surface area (Å²) >= 11 is 2.01. The fraction of sp³-hybridized carbons (Fsp3) is 0.500. The van der Waals surface area contributed by atoms with E-state index >= 15 is 0 Å². The number of aliphatic hydroxyl groups is 1. The third-order valence-corrected chi connectivity index (χ3v) is 6.53. The Morgan fingerprint density at radius 1 is 1.19 bits per heavy atom. The van der Waals surface area contributed by atoms with Crippen LogP contribution in [0.5, 0.6) is 0 Å². The lowest BCUT2D eigenvalue weighted by molar-refractivity contribution is -0.131. The first-order chi connectivity index (χ1) is 12.6. The Kier molecular flexibility index (Phi) is 8.99. The molecule has 1 aliphatic rings. The molecule has 4 heteroatoms. The highest BCUT2D eigenvalue weighted by Gasteiger charge is 2.28. The first-order valence-electron chi connectivity index (χ1n) is 9.43. The van der Waals surface area contributed by atoms with Gasteiger partial charge in [0.25, 0.3) is 0 Å². The monoisotopic (exact) mass is 374 g/mol. The van der Waals surface area contributed by atoms with E-state index in [4.69, 9.17) is 5.11 Å². The van der Waals surface area contributed by atoms with Crippen molar-refractivity contribution in [1.29, 1.82) is 0 Å². The van der Waals surface area contributed by atoms with Crippen molar-refractivity contribution in [3.8, 4) is 0 Å². The number of aliphatic hydroxyl groups excluding tert-OH is 1. The predicted octanol–water partition coefficient (Wildman–Crippen LogP) is 4.89. The molecule has 142 valence electrons. The summed E-state index contributed by atoms with van der Waals surface area (Å²) in [4.78, 5) is 10.4. The summed E-state index contributed by atoms with van der Waals surface area (Å²) in [5.74, 6) is 2.98. The molecule has 1 saturated heterocycles. The van der Waals surface area contributed by atoms with E-state index < -0.39 is 5.97 Å². The topological polar surface area (TPSA) is 57.5 Å². The first-order valence-corrected chi connectivity index (χ1v) is 10.6. The van der Waals surface area contributed by atoms with Gasteiger partial charge in [-0.25, -0.2) is 4.79 Å². The maximum Gasteiger partial charge on any atom is 0.327 e. The van der Waals surface area contributed by atoms with E-state index in [0.717, 1.165) is 19.3 Å². The molecule has 0 aliphatic carbocycles. The molecule has 2 rings (SSSR count). The van der Waals surface area contributed by atoms with Gasteiger partial charge in [-0.15, -0.1) is 0 Å². The fourth-order valence-electron chi connectivity index (χ4n) is 3.45. The molecule has 0 amide bonds. The van der Waals surface area contributed by atoms with Crippen LogP contribution in [0, 0.1) is 11.8 Å². The number of hydrogen-bond acceptors (Lipinski definition) is 3. The summed E-state index contributed by atoms with van der Waals surface area (Å²) in [5, 5.41) is 19.1. The lowest BCUT2D eigenvalue weighted by atomic mass is 9.85. The summed E-state index contributed by atoms with van der Waals surface area (Å²) in [5.41, 5.74) is 1.20. The molecule has 26 heavy (non-hydrogen) atoms. The summed E-state index contributed by atoms with van der Waals surface area (Å²) in [6.07, 6.45) is 10.4. The van der Waals surface area contributed by atoms with Crippen molar-refractivity contribution in [3.05, 3.63) is 60.2 Å². The van der Waals surface area contributed by atoms with E-state index in [-0.39, 0.29) is 12.0 Å². The summed E-state index contributed by atoms with van der Waals surface area (Å²) in [6.45, 7) is 2.11. The van der Waals surface area contributed by atoms with Gasteiger partial charge in [0.2, 0.25) is 0 Å². The molecule has 4 atom stereocenters. The van der Waals surface area contributed by atoms with E-state index in [2.05, 4.69) is 25.1 Å². The molecule has 0 bridgehead atoms. The molecule has 3 nitrogen and oxygen atoms in total.